The minimum absolute atomic E-state index is 0.0161. The van der Waals surface area contributed by atoms with Crippen molar-refractivity contribution in [1.29, 1.82) is 0 Å². The number of unbranched alkanes of at least 4 members (excludes halogenated alkanes) is 12. The van der Waals surface area contributed by atoms with Gasteiger partial charge in [0, 0.05) is 32.5 Å². The van der Waals surface area contributed by atoms with Gasteiger partial charge in [-0.3, -0.25) is 14.5 Å². The summed E-state index contributed by atoms with van der Waals surface area (Å²) in [5.74, 6) is 1.66. The largest absolute Gasteiger partial charge is 0.466 e. The third-order valence-corrected chi connectivity index (χ3v) is 10.2. The van der Waals surface area contributed by atoms with E-state index >= 15 is 0 Å². The number of nitrogens with zero attached hydrogens (tertiary/aromatic N) is 1. The summed E-state index contributed by atoms with van der Waals surface area (Å²) in [5.41, 5.74) is 8.40. The predicted octanol–water partition coefficient (Wildman–Crippen LogP) is 11.3. The van der Waals surface area contributed by atoms with E-state index in [1.807, 2.05) is 6.08 Å². The lowest BCUT2D eigenvalue weighted by atomic mass is 9.93. The maximum absolute atomic E-state index is 12.3. The molecule has 6 heteroatoms. The number of hydrogen-bond acceptors (Lipinski definition) is 6. The second kappa shape index (κ2) is 34.0. The minimum atomic E-state index is -0.0634. The molecule has 1 fully saturated rings. The Kier molecular flexibility index (Phi) is 31.3. The predicted molar refractivity (Wildman–Crippen MR) is 208 cm³/mol. The van der Waals surface area contributed by atoms with Crippen LogP contribution in [0.5, 0.6) is 0 Å². The van der Waals surface area contributed by atoms with Crippen LogP contribution < -0.4 is 0 Å². The first-order valence-electron chi connectivity index (χ1n) is 21.0. The first kappa shape index (κ1) is 46.0. The lowest BCUT2D eigenvalue weighted by Crippen LogP contribution is -2.39. The van der Waals surface area contributed by atoms with Gasteiger partial charge in [0.25, 0.3) is 0 Å². The van der Waals surface area contributed by atoms with Crippen molar-refractivity contribution in [3.05, 3.63) is 29.8 Å². The van der Waals surface area contributed by atoms with E-state index in [2.05, 4.69) is 49.4 Å². The molecule has 1 aliphatic heterocycles. The van der Waals surface area contributed by atoms with Crippen molar-refractivity contribution >= 4 is 11.9 Å². The summed E-state index contributed by atoms with van der Waals surface area (Å²) in [5, 5.41) is 0. The molecule has 1 saturated heterocycles. The van der Waals surface area contributed by atoms with E-state index in [-0.39, 0.29) is 11.9 Å². The summed E-state index contributed by atoms with van der Waals surface area (Å²) >= 11 is 0. The van der Waals surface area contributed by atoms with Gasteiger partial charge in [0.05, 0.1) is 26.4 Å². The summed E-state index contributed by atoms with van der Waals surface area (Å²) < 4.78 is 16.6. The Morgan fingerprint density at radius 3 is 1.80 bits per heavy atom. The SMILES string of the molecule is C=C=C=C=CC(CCCCC)CCOC(=O)CCCCCCCC(CCCCCCCC(=O)OCCC(C)CCCCC)CN1CCOCC1. The Labute approximate surface area is 308 Å². The molecule has 3 unspecified atom stereocenters. The molecule has 0 radical (unpaired) electrons. The van der Waals surface area contributed by atoms with Crippen LogP contribution in [0.25, 0.3) is 0 Å². The van der Waals surface area contributed by atoms with Gasteiger partial charge in [0.1, 0.15) is 0 Å². The summed E-state index contributed by atoms with van der Waals surface area (Å²) in [7, 11) is 0. The van der Waals surface area contributed by atoms with E-state index in [1.165, 1.54) is 103 Å². The molecule has 0 saturated carbocycles. The van der Waals surface area contributed by atoms with Crippen LogP contribution in [0.1, 0.15) is 175 Å². The highest BCUT2D eigenvalue weighted by Gasteiger charge is 2.17. The van der Waals surface area contributed by atoms with Crippen LogP contribution in [0.3, 0.4) is 0 Å². The second-order valence-electron chi connectivity index (χ2n) is 14.9. The number of hydrogen-bond donors (Lipinski definition) is 0. The van der Waals surface area contributed by atoms with E-state index in [4.69, 9.17) is 14.2 Å². The van der Waals surface area contributed by atoms with Gasteiger partial charge in [-0.15, -0.1) is 0 Å². The molecule has 1 aliphatic rings. The Morgan fingerprint density at radius 1 is 0.700 bits per heavy atom. The molecule has 0 aromatic rings. The van der Waals surface area contributed by atoms with Crippen LogP contribution in [0, 0.1) is 17.8 Å². The molecule has 50 heavy (non-hydrogen) atoms. The van der Waals surface area contributed by atoms with Crippen LogP contribution >= 0.6 is 0 Å². The molecule has 0 spiro atoms. The van der Waals surface area contributed by atoms with Crippen LogP contribution in [-0.2, 0) is 23.8 Å². The highest BCUT2D eigenvalue weighted by atomic mass is 16.5. The molecule has 0 aromatic heterocycles. The first-order valence-corrected chi connectivity index (χ1v) is 21.0. The van der Waals surface area contributed by atoms with E-state index in [9.17, 15) is 9.59 Å². The quantitative estimate of drug-likeness (QED) is 0.0386. The zero-order valence-electron chi connectivity index (χ0n) is 32.9. The highest BCUT2D eigenvalue weighted by molar-refractivity contribution is 5.69. The van der Waals surface area contributed by atoms with Crippen molar-refractivity contribution in [1.82, 2.24) is 4.90 Å². The molecular weight excluding hydrogens is 622 g/mol. The van der Waals surface area contributed by atoms with Gasteiger partial charge in [-0.2, -0.15) is 0 Å². The summed E-state index contributed by atoms with van der Waals surface area (Å²) in [4.78, 5) is 27.0. The zero-order valence-corrected chi connectivity index (χ0v) is 32.9. The van der Waals surface area contributed by atoms with Gasteiger partial charge in [-0.25, -0.2) is 0 Å². The van der Waals surface area contributed by atoms with Crippen LogP contribution in [0.15, 0.2) is 29.8 Å². The van der Waals surface area contributed by atoms with Crippen molar-refractivity contribution in [3.63, 3.8) is 0 Å². The Morgan fingerprint density at radius 2 is 1.22 bits per heavy atom. The lowest BCUT2D eigenvalue weighted by molar-refractivity contribution is -0.145. The van der Waals surface area contributed by atoms with Crippen LogP contribution in [0.4, 0.5) is 0 Å². The molecule has 288 valence electrons. The lowest BCUT2D eigenvalue weighted by Gasteiger charge is -2.30. The fraction of sp³-hybridized carbons (Fsp3) is 0.841. The van der Waals surface area contributed by atoms with Gasteiger partial charge in [0.2, 0.25) is 0 Å². The van der Waals surface area contributed by atoms with Crippen molar-refractivity contribution in [2.75, 3.05) is 46.1 Å². The summed E-state index contributed by atoms with van der Waals surface area (Å²) in [6.45, 7) is 16.3. The third kappa shape index (κ3) is 28.6. The highest BCUT2D eigenvalue weighted by Crippen LogP contribution is 2.22. The van der Waals surface area contributed by atoms with E-state index in [1.54, 1.807) is 0 Å². The van der Waals surface area contributed by atoms with Gasteiger partial charge in [-0.05, 0) is 81.1 Å². The Hall–Kier alpha value is -2.06. The molecule has 0 aromatic carbocycles. The number of carbonyl (C=O) groups excluding carboxylic acids is 2. The maximum atomic E-state index is 12.3. The zero-order chi connectivity index (χ0) is 36.3. The summed E-state index contributed by atoms with van der Waals surface area (Å²) in [6, 6.07) is 0. The molecule has 0 aliphatic carbocycles. The average molecular weight is 700 g/mol. The molecule has 0 N–H and O–H groups in total. The molecule has 3 atom stereocenters. The Bertz CT molecular complexity index is 940. The van der Waals surface area contributed by atoms with Gasteiger partial charge >= 0.3 is 11.9 Å². The third-order valence-electron chi connectivity index (χ3n) is 10.2. The van der Waals surface area contributed by atoms with Gasteiger partial charge in [0.15, 0.2) is 0 Å². The molecule has 1 rings (SSSR count). The van der Waals surface area contributed by atoms with Crippen molar-refractivity contribution in [2.24, 2.45) is 17.8 Å². The topological polar surface area (TPSA) is 65.1 Å². The number of carbonyl (C=O) groups is 2. The molecular formula is C44H77NO5. The standard InChI is InChI=1S/C44H77NO5/c1-5-8-17-24-40(4)31-35-49-43(46)29-22-15-11-13-20-27-42(39-45-33-37-48-38-34-45)28-21-14-12-16-23-30-44(47)50-36-32-41(25-18-9-6-2)26-19-10-7-3/h25,40-42H,2,5,7-8,10-17,19-24,26-39H2,1,3-4H3. The maximum Gasteiger partial charge on any atom is 0.305 e. The minimum Gasteiger partial charge on any atom is -0.466 e. The number of esters is 2. The normalized spacial score (nSPS) is 14.9. The molecule has 6 nitrogen and oxygen atoms in total. The molecule has 0 amide bonds. The van der Waals surface area contributed by atoms with E-state index in [0.29, 0.717) is 37.9 Å². The van der Waals surface area contributed by atoms with Crippen LogP contribution in [-0.4, -0.2) is 62.9 Å². The fourth-order valence-corrected chi connectivity index (χ4v) is 6.85. The number of rotatable bonds is 33. The average Bonchev–Trinajstić information content (AvgIpc) is 3.11. The van der Waals surface area contributed by atoms with E-state index < -0.39 is 0 Å². The second-order valence-corrected chi connectivity index (χ2v) is 14.9. The van der Waals surface area contributed by atoms with Gasteiger partial charge < -0.3 is 14.2 Å². The smallest absolute Gasteiger partial charge is 0.305 e. The van der Waals surface area contributed by atoms with Crippen molar-refractivity contribution in [2.45, 2.75) is 175 Å². The van der Waals surface area contributed by atoms with Crippen molar-refractivity contribution in [3.8, 4) is 0 Å². The van der Waals surface area contributed by atoms with Gasteiger partial charge in [-0.1, -0.05) is 129 Å². The monoisotopic (exact) mass is 700 g/mol. The number of ether oxygens (including phenoxy) is 3. The first-order chi connectivity index (χ1) is 24.5. The molecule has 0 bridgehead atoms. The fourth-order valence-electron chi connectivity index (χ4n) is 6.85. The number of allylic oxidation sites excluding steroid dienone is 1. The number of morpholine rings is 1. The van der Waals surface area contributed by atoms with E-state index in [0.717, 1.165) is 77.2 Å². The molecule has 1 heterocycles. The Balaban J connectivity index is 2.18. The summed E-state index contributed by atoms with van der Waals surface area (Å²) in [6.07, 6.45) is 28.8. The van der Waals surface area contributed by atoms with Crippen molar-refractivity contribution < 1.29 is 23.8 Å². The van der Waals surface area contributed by atoms with Crippen LogP contribution in [0.2, 0.25) is 0 Å².